The van der Waals surface area contributed by atoms with Crippen molar-refractivity contribution in [1.29, 1.82) is 0 Å². The Morgan fingerprint density at radius 3 is 2.50 bits per heavy atom. The Morgan fingerprint density at radius 2 is 1.92 bits per heavy atom. The maximum absolute atomic E-state index is 2.38. The van der Waals surface area contributed by atoms with E-state index in [1.807, 2.05) is 0 Å². The van der Waals surface area contributed by atoms with Gasteiger partial charge in [-0.15, -0.1) is 0 Å². The van der Waals surface area contributed by atoms with Gasteiger partial charge in [0, 0.05) is 0 Å². The van der Waals surface area contributed by atoms with Crippen molar-refractivity contribution in [2.45, 2.75) is 58.8 Å². The van der Waals surface area contributed by atoms with Crippen LogP contribution in [0.5, 0.6) is 0 Å². The molecule has 0 radical (unpaired) electrons. The molecule has 0 atom stereocenters. The highest BCUT2D eigenvalue weighted by Crippen LogP contribution is 2.28. The summed E-state index contributed by atoms with van der Waals surface area (Å²) in [6, 6.07) is 0. The van der Waals surface area contributed by atoms with Crippen molar-refractivity contribution in [3.63, 3.8) is 0 Å². The van der Waals surface area contributed by atoms with E-state index in [1.54, 1.807) is 5.57 Å². The monoisotopic (exact) mass is 166 g/mol. The summed E-state index contributed by atoms with van der Waals surface area (Å²) in [6.07, 6.45) is 12.4. The van der Waals surface area contributed by atoms with Gasteiger partial charge in [-0.3, -0.25) is 0 Å². The zero-order chi connectivity index (χ0) is 8.81. The Hall–Kier alpha value is -0.260. The third-order valence-electron chi connectivity index (χ3n) is 2.89. The molecular weight excluding hydrogens is 144 g/mol. The molecule has 1 aliphatic carbocycles. The molecule has 0 aromatic rings. The summed E-state index contributed by atoms with van der Waals surface area (Å²) in [5.41, 5.74) is 1.62. The molecule has 1 aliphatic rings. The SMILES string of the molecule is CC/C=C(\C)CC1CCCCC1. The predicted molar refractivity (Wildman–Crippen MR) is 55.2 cm³/mol. The molecule has 70 valence electrons. The highest BCUT2D eigenvalue weighted by Gasteiger charge is 2.12. The minimum absolute atomic E-state index is 1.02. The molecule has 0 aromatic heterocycles. The van der Waals surface area contributed by atoms with Crippen LogP contribution in [0.4, 0.5) is 0 Å². The van der Waals surface area contributed by atoms with Gasteiger partial charge in [-0.1, -0.05) is 50.7 Å². The first-order valence-corrected chi connectivity index (χ1v) is 5.48. The third-order valence-corrected chi connectivity index (χ3v) is 2.89. The quantitative estimate of drug-likeness (QED) is 0.548. The van der Waals surface area contributed by atoms with E-state index in [4.69, 9.17) is 0 Å². The van der Waals surface area contributed by atoms with Crippen LogP contribution in [0.15, 0.2) is 11.6 Å². The van der Waals surface area contributed by atoms with Gasteiger partial charge >= 0.3 is 0 Å². The molecule has 1 saturated carbocycles. The first-order valence-electron chi connectivity index (χ1n) is 5.48. The summed E-state index contributed by atoms with van der Waals surface area (Å²) in [4.78, 5) is 0. The van der Waals surface area contributed by atoms with E-state index in [0.717, 1.165) is 5.92 Å². The lowest BCUT2D eigenvalue weighted by molar-refractivity contribution is 0.356. The molecule has 0 saturated heterocycles. The van der Waals surface area contributed by atoms with Gasteiger partial charge in [0.2, 0.25) is 0 Å². The lowest BCUT2D eigenvalue weighted by Gasteiger charge is -2.21. The molecular formula is C12H22. The zero-order valence-electron chi connectivity index (χ0n) is 8.60. The lowest BCUT2D eigenvalue weighted by atomic mass is 9.85. The second-order valence-corrected chi connectivity index (χ2v) is 4.17. The second-order valence-electron chi connectivity index (χ2n) is 4.17. The summed E-state index contributed by atoms with van der Waals surface area (Å²) >= 11 is 0. The van der Waals surface area contributed by atoms with Crippen LogP contribution in [-0.4, -0.2) is 0 Å². The average Bonchev–Trinajstić information content (AvgIpc) is 2.06. The fraction of sp³-hybridized carbons (Fsp3) is 0.833. The molecule has 0 nitrogen and oxygen atoms in total. The molecule has 0 aliphatic heterocycles. The lowest BCUT2D eigenvalue weighted by Crippen LogP contribution is -2.06. The summed E-state index contributed by atoms with van der Waals surface area (Å²) in [7, 11) is 0. The highest BCUT2D eigenvalue weighted by atomic mass is 14.2. The van der Waals surface area contributed by atoms with Gasteiger partial charge < -0.3 is 0 Å². The number of rotatable bonds is 3. The van der Waals surface area contributed by atoms with Crippen molar-refractivity contribution in [3.8, 4) is 0 Å². The smallest absolute Gasteiger partial charge is 0.0295 e. The summed E-state index contributed by atoms with van der Waals surface area (Å²) in [5.74, 6) is 1.02. The van der Waals surface area contributed by atoms with E-state index in [0.29, 0.717) is 0 Å². The molecule has 0 N–H and O–H groups in total. The minimum Gasteiger partial charge on any atom is -0.0859 e. The number of allylic oxidation sites excluding steroid dienone is 2. The molecule has 0 bridgehead atoms. The maximum Gasteiger partial charge on any atom is -0.0295 e. The summed E-state index contributed by atoms with van der Waals surface area (Å²) in [6.45, 7) is 4.52. The van der Waals surface area contributed by atoms with Gasteiger partial charge in [-0.05, 0) is 25.7 Å². The Labute approximate surface area is 77.1 Å². The van der Waals surface area contributed by atoms with Gasteiger partial charge in [0.05, 0.1) is 0 Å². The van der Waals surface area contributed by atoms with Crippen LogP contribution in [0.1, 0.15) is 58.8 Å². The van der Waals surface area contributed by atoms with E-state index in [9.17, 15) is 0 Å². The van der Waals surface area contributed by atoms with Gasteiger partial charge in [-0.2, -0.15) is 0 Å². The largest absolute Gasteiger partial charge is 0.0859 e. The summed E-state index contributed by atoms with van der Waals surface area (Å²) in [5, 5.41) is 0. The van der Waals surface area contributed by atoms with Crippen LogP contribution in [-0.2, 0) is 0 Å². The topological polar surface area (TPSA) is 0 Å². The van der Waals surface area contributed by atoms with Crippen LogP contribution in [0.2, 0.25) is 0 Å². The van der Waals surface area contributed by atoms with E-state index < -0.39 is 0 Å². The van der Waals surface area contributed by atoms with Gasteiger partial charge in [0.15, 0.2) is 0 Å². The molecule has 0 unspecified atom stereocenters. The molecule has 0 aromatic carbocycles. The molecule has 1 fully saturated rings. The van der Waals surface area contributed by atoms with Crippen molar-refractivity contribution in [2.24, 2.45) is 5.92 Å². The number of hydrogen-bond donors (Lipinski definition) is 0. The third kappa shape index (κ3) is 3.42. The van der Waals surface area contributed by atoms with Crippen LogP contribution in [0.25, 0.3) is 0 Å². The zero-order valence-corrected chi connectivity index (χ0v) is 8.60. The van der Waals surface area contributed by atoms with E-state index in [1.165, 1.54) is 44.9 Å². The van der Waals surface area contributed by atoms with Crippen molar-refractivity contribution < 1.29 is 0 Å². The Kier molecular flexibility index (Phi) is 4.42. The Balaban J connectivity index is 2.24. The van der Waals surface area contributed by atoms with Crippen molar-refractivity contribution in [3.05, 3.63) is 11.6 Å². The van der Waals surface area contributed by atoms with Crippen LogP contribution < -0.4 is 0 Å². The van der Waals surface area contributed by atoms with Gasteiger partial charge in [0.25, 0.3) is 0 Å². The van der Waals surface area contributed by atoms with Gasteiger partial charge in [0.1, 0.15) is 0 Å². The highest BCUT2D eigenvalue weighted by molar-refractivity contribution is 4.98. The van der Waals surface area contributed by atoms with Gasteiger partial charge in [-0.25, -0.2) is 0 Å². The van der Waals surface area contributed by atoms with Crippen molar-refractivity contribution in [1.82, 2.24) is 0 Å². The fourth-order valence-electron chi connectivity index (χ4n) is 2.28. The maximum atomic E-state index is 2.38. The second kappa shape index (κ2) is 5.40. The molecule has 0 spiro atoms. The van der Waals surface area contributed by atoms with Crippen LogP contribution >= 0.6 is 0 Å². The van der Waals surface area contributed by atoms with E-state index in [-0.39, 0.29) is 0 Å². The van der Waals surface area contributed by atoms with Crippen molar-refractivity contribution in [2.75, 3.05) is 0 Å². The molecule has 12 heavy (non-hydrogen) atoms. The van der Waals surface area contributed by atoms with Crippen LogP contribution in [0, 0.1) is 5.92 Å². The van der Waals surface area contributed by atoms with Crippen LogP contribution in [0.3, 0.4) is 0 Å². The molecule has 0 amide bonds. The molecule has 0 heteroatoms. The molecule has 0 heterocycles. The molecule has 1 rings (SSSR count). The summed E-state index contributed by atoms with van der Waals surface area (Å²) < 4.78 is 0. The average molecular weight is 166 g/mol. The first-order chi connectivity index (χ1) is 5.83. The first kappa shape index (κ1) is 9.83. The van der Waals surface area contributed by atoms with Crippen molar-refractivity contribution >= 4 is 0 Å². The van der Waals surface area contributed by atoms with E-state index >= 15 is 0 Å². The predicted octanol–water partition coefficient (Wildman–Crippen LogP) is 4.31. The Bertz CT molecular complexity index is 138. The standard InChI is InChI=1S/C12H22/c1-3-7-11(2)10-12-8-5-4-6-9-12/h7,12H,3-6,8-10H2,1-2H3/b11-7+. The minimum atomic E-state index is 1.02. The Morgan fingerprint density at radius 1 is 1.25 bits per heavy atom. The normalized spacial score (nSPS) is 21.3. The van der Waals surface area contributed by atoms with E-state index in [2.05, 4.69) is 19.9 Å². The fourth-order valence-corrected chi connectivity index (χ4v) is 2.28. The number of hydrogen-bond acceptors (Lipinski definition) is 0.